The zero-order chi connectivity index (χ0) is 21.0. The lowest BCUT2D eigenvalue weighted by Gasteiger charge is -2.33. The number of allylic oxidation sites excluding steroid dienone is 1. The van der Waals surface area contributed by atoms with Crippen LogP contribution in [0.3, 0.4) is 0 Å². The van der Waals surface area contributed by atoms with Crippen LogP contribution in [0.2, 0.25) is 0 Å². The zero-order valence-corrected chi connectivity index (χ0v) is 16.6. The molecule has 154 valence electrons. The van der Waals surface area contributed by atoms with Crippen LogP contribution in [0.5, 0.6) is 0 Å². The highest BCUT2D eigenvalue weighted by atomic mass is 19.1. The number of hydrogen-bond donors (Lipinski definition) is 3. The first-order valence-corrected chi connectivity index (χ1v) is 9.48. The minimum Gasteiger partial charge on any atom is -0.393 e. The Morgan fingerprint density at radius 1 is 1.48 bits per heavy atom. The lowest BCUT2D eigenvalue weighted by Crippen LogP contribution is -2.44. The van der Waals surface area contributed by atoms with Crippen LogP contribution in [-0.4, -0.2) is 61.1 Å². The summed E-state index contributed by atoms with van der Waals surface area (Å²) in [6, 6.07) is -0.151. The van der Waals surface area contributed by atoms with E-state index in [9.17, 15) is 9.59 Å². The molecule has 2 aliphatic heterocycles. The van der Waals surface area contributed by atoms with Gasteiger partial charge >= 0.3 is 0 Å². The number of rotatable bonds is 6. The molecule has 29 heavy (non-hydrogen) atoms. The van der Waals surface area contributed by atoms with Crippen LogP contribution in [-0.2, 0) is 11.3 Å². The molecule has 1 unspecified atom stereocenters. The van der Waals surface area contributed by atoms with E-state index >= 15 is 4.39 Å². The van der Waals surface area contributed by atoms with Crippen molar-refractivity contribution in [2.24, 2.45) is 4.99 Å². The van der Waals surface area contributed by atoms with Crippen molar-refractivity contribution in [3.63, 3.8) is 0 Å². The van der Waals surface area contributed by atoms with Gasteiger partial charge in [-0.1, -0.05) is 6.58 Å². The van der Waals surface area contributed by atoms with E-state index in [4.69, 9.17) is 0 Å². The number of amides is 2. The van der Waals surface area contributed by atoms with Crippen LogP contribution in [0.25, 0.3) is 5.57 Å². The van der Waals surface area contributed by atoms with Crippen molar-refractivity contribution in [1.29, 1.82) is 0 Å². The molecule has 3 heterocycles. The normalized spacial score (nSPS) is 19.1. The molecule has 1 atom stereocenters. The molecule has 1 fully saturated rings. The summed E-state index contributed by atoms with van der Waals surface area (Å²) in [7, 11) is 3.33. The number of fused-ring (bicyclic) bond motifs is 1. The van der Waals surface area contributed by atoms with E-state index in [0.29, 0.717) is 24.4 Å². The summed E-state index contributed by atoms with van der Waals surface area (Å²) in [5.74, 6) is -0.987. The number of likely N-dealkylation sites (tertiary alicyclic amines) is 1. The molecular formula is C20H25FN6O2. The molecule has 0 radical (unpaired) electrons. The Morgan fingerprint density at radius 2 is 2.28 bits per heavy atom. The van der Waals surface area contributed by atoms with E-state index in [1.54, 1.807) is 31.4 Å². The number of carbonyl (C=O) groups excluding carboxylic acids is 2. The van der Waals surface area contributed by atoms with Crippen molar-refractivity contribution in [2.45, 2.75) is 25.4 Å². The molecule has 0 spiro atoms. The number of pyridine rings is 1. The lowest BCUT2D eigenvalue weighted by molar-refractivity contribution is -0.127. The summed E-state index contributed by atoms with van der Waals surface area (Å²) in [4.78, 5) is 34.4. The number of halogens is 1. The van der Waals surface area contributed by atoms with Crippen molar-refractivity contribution in [3.05, 3.63) is 41.5 Å². The van der Waals surface area contributed by atoms with Gasteiger partial charge in [0.25, 0.3) is 5.91 Å². The van der Waals surface area contributed by atoms with Gasteiger partial charge in [0, 0.05) is 63.3 Å². The molecular weight excluding hydrogens is 375 g/mol. The van der Waals surface area contributed by atoms with E-state index in [0.717, 1.165) is 12.8 Å². The number of aliphatic imine (C=N–C) groups is 1. The summed E-state index contributed by atoms with van der Waals surface area (Å²) in [6.07, 6.45) is 6.09. The zero-order valence-electron chi connectivity index (χ0n) is 16.6. The van der Waals surface area contributed by atoms with Crippen molar-refractivity contribution >= 4 is 29.4 Å². The number of nitrogens with zero attached hydrogens (tertiary/aromatic N) is 3. The predicted octanol–water partition coefficient (Wildman–Crippen LogP) is 1.31. The fraction of sp³-hybridized carbons (Fsp3) is 0.400. The summed E-state index contributed by atoms with van der Waals surface area (Å²) >= 11 is 0. The quantitative estimate of drug-likeness (QED) is 0.494. The molecule has 0 saturated carbocycles. The molecule has 1 aromatic heterocycles. The third-order valence-corrected chi connectivity index (χ3v) is 4.98. The highest BCUT2D eigenvalue weighted by Crippen LogP contribution is 2.30. The molecule has 3 rings (SSSR count). The number of aromatic nitrogens is 1. The Hall–Kier alpha value is -3.23. The largest absolute Gasteiger partial charge is 0.393 e. The first-order chi connectivity index (χ1) is 14.0. The average Bonchev–Trinajstić information content (AvgIpc) is 3.11. The molecule has 0 bridgehead atoms. The second-order valence-corrected chi connectivity index (χ2v) is 6.91. The van der Waals surface area contributed by atoms with Crippen LogP contribution >= 0.6 is 0 Å². The van der Waals surface area contributed by atoms with E-state index in [-0.39, 0.29) is 41.3 Å². The summed E-state index contributed by atoms with van der Waals surface area (Å²) in [5, 5.41) is 8.70. The average molecular weight is 400 g/mol. The van der Waals surface area contributed by atoms with E-state index < -0.39 is 5.82 Å². The second-order valence-electron chi connectivity index (χ2n) is 6.91. The monoisotopic (exact) mass is 400 g/mol. The third-order valence-electron chi connectivity index (χ3n) is 4.98. The number of piperidine rings is 1. The van der Waals surface area contributed by atoms with E-state index in [1.807, 2.05) is 0 Å². The van der Waals surface area contributed by atoms with Gasteiger partial charge in [0.05, 0.1) is 11.3 Å². The van der Waals surface area contributed by atoms with Crippen molar-refractivity contribution < 1.29 is 14.0 Å². The second kappa shape index (κ2) is 8.85. The maximum absolute atomic E-state index is 15.2. The standard InChI is InChI=1S/C20H25FN6O2/c1-4-15(28)27-7-5-6-13(11-27)25-19-17(21)14-10-24-20(29)16(14)18(26-19)12(8-22-2)9-23-3/h4,8-9,13,22H,1,5-7,10-11H2,2-3H3,(H,24,29)(H,25,26)/b12-8+,23-9-. The lowest BCUT2D eigenvalue weighted by atomic mass is 10.0. The molecule has 1 saturated heterocycles. The third kappa shape index (κ3) is 4.13. The molecule has 2 aliphatic rings. The van der Waals surface area contributed by atoms with Crippen LogP contribution in [0.1, 0.15) is 34.5 Å². The van der Waals surface area contributed by atoms with E-state index in [1.165, 1.54) is 6.08 Å². The fourth-order valence-corrected chi connectivity index (χ4v) is 3.66. The summed E-state index contributed by atoms with van der Waals surface area (Å²) in [6.45, 7) is 4.71. The SMILES string of the molecule is C=CC(=O)N1CCCC(Nc2nc(C(/C=N\C)=C/NC)c3c(c2F)CNC3=O)C1. The molecule has 9 heteroatoms. The van der Waals surface area contributed by atoms with Gasteiger partial charge in [0.2, 0.25) is 5.91 Å². The molecule has 1 aromatic rings. The minimum atomic E-state index is -0.550. The topological polar surface area (TPSA) is 98.7 Å². The Balaban J connectivity index is 1.99. The van der Waals surface area contributed by atoms with Crippen LogP contribution in [0, 0.1) is 5.82 Å². The van der Waals surface area contributed by atoms with Gasteiger partial charge in [-0.2, -0.15) is 0 Å². The highest BCUT2D eigenvalue weighted by Gasteiger charge is 2.32. The number of nitrogens with one attached hydrogen (secondary N) is 3. The van der Waals surface area contributed by atoms with Crippen molar-refractivity contribution in [3.8, 4) is 0 Å². The Bertz CT molecular complexity index is 895. The van der Waals surface area contributed by atoms with Gasteiger partial charge in [-0.25, -0.2) is 9.37 Å². The highest BCUT2D eigenvalue weighted by molar-refractivity contribution is 6.14. The Labute approximate surface area is 169 Å². The van der Waals surface area contributed by atoms with Crippen LogP contribution in [0.4, 0.5) is 10.2 Å². The van der Waals surface area contributed by atoms with Gasteiger partial charge < -0.3 is 20.9 Å². The van der Waals surface area contributed by atoms with Crippen molar-refractivity contribution in [1.82, 2.24) is 20.5 Å². The number of hydrogen-bond acceptors (Lipinski definition) is 6. The van der Waals surface area contributed by atoms with E-state index in [2.05, 4.69) is 32.5 Å². The summed E-state index contributed by atoms with van der Waals surface area (Å²) in [5.41, 5.74) is 1.43. The maximum atomic E-state index is 15.2. The van der Waals surface area contributed by atoms with Crippen LogP contribution in [0.15, 0.2) is 23.8 Å². The van der Waals surface area contributed by atoms with Gasteiger partial charge in [-0.15, -0.1) is 0 Å². The van der Waals surface area contributed by atoms with Crippen molar-refractivity contribution in [2.75, 3.05) is 32.5 Å². The van der Waals surface area contributed by atoms with Gasteiger partial charge in [-0.3, -0.25) is 14.6 Å². The fourth-order valence-electron chi connectivity index (χ4n) is 3.66. The molecule has 8 nitrogen and oxygen atoms in total. The molecule has 0 aliphatic carbocycles. The Kier molecular flexibility index (Phi) is 6.26. The predicted molar refractivity (Wildman–Crippen MR) is 110 cm³/mol. The molecule has 3 N–H and O–H groups in total. The number of anilines is 1. The minimum absolute atomic E-state index is 0.0691. The maximum Gasteiger partial charge on any atom is 0.254 e. The Morgan fingerprint density at radius 3 is 2.97 bits per heavy atom. The molecule has 2 amide bonds. The summed E-state index contributed by atoms with van der Waals surface area (Å²) < 4.78 is 15.2. The first-order valence-electron chi connectivity index (χ1n) is 9.48. The smallest absolute Gasteiger partial charge is 0.254 e. The van der Waals surface area contributed by atoms with Crippen LogP contribution < -0.4 is 16.0 Å². The number of carbonyl (C=O) groups is 2. The van der Waals surface area contributed by atoms with Gasteiger partial charge in [-0.05, 0) is 18.9 Å². The molecule has 0 aromatic carbocycles. The van der Waals surface area contributed by atoms with Gasteiger partial charge in [0.15, 0.2) is 11.6 Å². The van der Waals surface area contributed by atoms with Gasteiger partial charge in [0.1, 0.15) is 0 Å². The first kappa shape index (κ1) is 20.5.